The average Bonchev–Trinajstić information content (AvgIpc) is 2.75. The third kappa shape index (κ3) is 3.79. The van der Waals surface area contributed by atoms with Crippen LogP contribution in [0.2, 0.25) is 0 Å². The summed E-state index contributed by atoms with van der Waals surface area (Å²) in [5.74, 6) is 3.07. The summed E-state index contributed by atoms with van der Waals surface area (Å²) in [6.07, 6.45) is 1.50. The average molecular weight is 284 g/mol. The van der Waals surface area contributed by atoms with Crippen molar-refractivity contribution in [1.82, 2.24) is 9.97 Å². The zero-order valence-electron chi connectivity index (χ0n) is 11.3. The summed E-state index contributed by atoms with van der Waals surface area (Å²) in [6.45, 7) is 2.64. The van der Waals surface area contributed by atoms with Gasteiger partial charge in [-0.05, 0) is 12.3 Å². The molecule has 0 radical (unpaired) electrons. The van der Waals surface area contributed by atoms with Crippen molar-refractivity contribution >= 4 is 21.5 Å². The number of aromatic nitrogens is 2. The third-order valence-corrected chi connectivity index (χ3v) is 5.08. The summed E-state index contributed by atoms with van der Waals surface area (Å²) in [5.41, 5.74) is 0. The Kier molecular flexibility index (Phi) is 4.24. The van der Waals surface area contributed by atoms with Crippen LogP contribution in [-0.4, -0.2) is 43.5 Å². The van der Waals surface area contributed by atoms with Crippen LogP contribution < -0.4 is 10.6 Å². The summed E-state index contributed by atoms with van der Waals surface area (Å²) in [7, 11) is -0.996. The monoisotopic (exact) mass is 284 g/mol. The number of hydrogen-bond acceptors (Lipinski definition) is 6. The topological polar surface area (TPSA) is 84.0 Å². The van der Waals surface area contributed by atoms with Gasteiger partial charge in [-0.2, -0.15) is 0 Å². The third-order valence-electron chi connectivity index (χ3n) is 3.24. The number of sulfone groups is 1. The predicted molar refractivity (Wildman–Crippen MR) is 76.2 cm³/mol. The highest BCUT2D eigenvalue weighted by Gasteiger charge is 2.27. The molecule has 6 nitrogen and oxygen atoms in total. The Labute approximate surface area is 114 Å². The zero-order chi connectivity index (χ0) is 13.9. The molecule has 7 heteroatoms. The fourth-order valence-electron chi connectivity index (χ4n) is 2.16. The summed E-state index contributed by atoms with van der Waals surface area (Å²) in [5, 5.41) is 6.21. The molecule has 1 saturated heterocycles. The second-order valence-corrected chi connectivity index (χ2v) is 7.04. The molecule has 0 aliphatic carbocycles. The van der Waals surface area contributed by atoms with Gasteiger partial charge in [0.1, 0.15) is 17.5 Å². The number of aryl methyl sites for hydroxylation is 1. The van der Waals surface area contributed by atoms with Crippen LogP contribution in [0.3, 0.4) is 0 Å². The largest absolute Gasteiger partial charge is 0.373 e. The molecule has 0 bridgehead atoms. The molecule has 2 N–H and O–H groups in total. The van der Waals surface area contributed by atoms with E-state index in [9.17, 15) is 8.42 Å². The molecule has 0 amide bonds. The molecule has 0 spiro atoms. The Hall–Kier alpha value is -1.37. The zero-order valence-corrected chi connectivity index (χ0v) is 12.1. The summed E-state index contributed by atoms with van der Waals surface area (Å²) >= 11 is 0. The van der Waals surface area contributed by atoms with Gasteiger partial charge in [-0.15, -0.1) is 0 Å². The first-order chi connectivity index (χ1) is 9.02. The molecule has 0 aromatic carbocycles. The van der Waals surface area contributed by atoms with Crippen LogP contribution in [0.25, 0.3) is 0 Å². The SMILES string of the molecule is CCc1nc(NC)cc(NCC2CCS(=O)(=O)C2)n1. The molecular formula is C12H20N4O2S. The summed E-state index contributed by atoms with van der Waals surface area (Å²) < 4.78 is 22.8. The second-order valence-electron chi connectivity index (χ2n) is 4.81. The van der Waals surface area contributed by atoms with E-state index in [0.717, 1.165) is 30.3 Å². The molecule has 0 saturated carbocycles. The normalized spacial score (nSPS) is 21.3. The Morgan fingerprint density at radius 2 is 2.11 bits per heavy atom. The van der Waals surface area contributed by atoms with Gasteiger partial charge in [0.15, 0.2) is 9.84 Å². The molecule has 1 fully saturated rings. The minimum atomic E-state index is -2.81. The van der Waals surface area contributed by atoms with Crippen LogP contribution in [0, 0.1) is 5.92 Å². The Bertz CT molecular complexity index is 522. The molecule has 1 aliphatic rings. The van der Waals surface area contributed by atoms with E-state index in [0.29, 0.717) is 12.3 Å². The molecule has 106 valence electrons. The molecule has 1 atom stereocenters. The smallest absolute Gasteiger partial charge is 0.150 e. The van der Waals surface area contributed by atoms with Crippen molar-refractivity contribution in [3.05, 3.63) is 11.9 Å². The highest BCUT2D eigenvalue weighted by atomic mass is 32.2. The van der Waals surface area contributed by atoms with Crippen molar-refractivity contribution in [2.75, 3.05) is 35.7 Å². The van der Waals surface area contributed by atoms with Crippen LogP contribution in [-0.2, 0) is 16.3 Å². The Balaban J connectivity index is 1.99. The second kappa shape index (κ2) is 5.73. The first kappa shape index (κ1) is 14.0. The maximum absolute atomic E-state index is 11.4. The van der Waals surface area contributed by atoms with E-state index >= 15 is 0 Å². The van der Waals surface area contributed by atoms with Crippen molar-refractivity contribution in [1.29, 1.82) is 0 Å². The maximum atomic E-state index is 11.4. The van der Waals surface area contributed by atoms with E-state index in [2.05, 4.69) is 20.6 Å². The van der Waals surface area contributed by atoms with Crippen molar-refractivity contribution in [3.8, 4) is 0 Å². The number of anilines is 2. The van der Waals surface area contributed by atoms with Gasteiger partial charge in [0.05, 0.1) is 11.5 Å². The van der Waals surface area contributed by atoms with Gasteiger partial charge in [-0.1, -0.05) is 6.92 Å². The molecule has 1 unspecified atom stereocenters. The van der Waals surface area contributed by atoms with Gasteiger partial charge in [0, 0.05) is 26.1 Å². The number of rotatable bonds is 5. The molecule has 2 heterocycles. The van der Waals surface area contributed by atoms with E-state index in [1.54, 1.807) is 0 Å². The van der Waals surface area contributed by atoms with E-state index in [4.69, 9.17) is 0 Å². The van der Waals surface area contributed by atoms with Gasteiger partial charge in [0.25, 0.3) is 0 Å². The van der Waals surface area contributed by atoms with Gasteiger partial charge in [-0.3, -0.25) is 0 Å². The van der Waals surface area contributed by atoms with Crippen molar-refractivity contribution < 1.29 is 8.42 Å². The van der Waals surface area contributed by atoms with Crippen LogP contribution in [0.5, 0.6) is 0 Å². The summed E-state index contributed by atoms with van der Waals surface area (Å²) in [6, 6.07) is 1.84. The Morgan fingerprint density at radius 3 is 2.68 bits per heavy atom. The lowest BCUT2D eigenvalue weighted by Crippen LogP contribution is -2.17. The first-order valence-electron chi connectivity index (χ1n) is 6.52. The van der Waals surface area contributed by atoms with Gasteiger partial charge in [0.2, 0.25) is 0 Å². The van der Waals surface area contributed by atoms with E-state index in [1.165, 1.54) is 0 Å². The standard InChI is InChI=1S/C12H20N4O2S/c1-3-10-15-11(13-2)6-12(16-10)14-7-9-4-5-19(17,18)8-9/h6,9H,3-5,7-8H2,1-2H3,(H2,13,14,15,16). The minimum Gasteiger partial charge on any atom is -0.373 e. The molecule has 1 aromatic heterocycles. The van der Waals surface area contributed by atoms with E-state index in [-0.39, 0.29) is 11.7 Å². The van der Waals surface area contributed by atoms with E-state index in [1.807, 2.05) is 20.0 Å². The lowest BCUT2D eigenvalue weighted by atomic mass is 10.1. The number of hydrogen-bond donors (Lipinski definition) is 2. The quantitative estimate of drug-likeness (QED) is 0.837. The van der Waals surface area contributed by atoms with Crippen molar-refractivity contribution in [2.45, 2.75) is 19.8 Å². The molecule has 1 aromatic rings. The molecular weight excluding hydrogens is 264 g/mol. The predicted octanol–water partition coefficient (Wildman–Crippen LogP) is 0.927. The Morgan fingerprint density at radius 1 is 1.37 bits per heavy atom. The molecule has 19 heavy (non-hydrogen) atoms. The van der Waals surface area contributed by atoms with Crippen molar-refractivity contribution in [3.63, 3.8) is 0 Å². The fraction of sp³-hybridized carbons (Fsp3) is 0.667. The molecule has 1 aliphatic heterocycles. The highest BCUT2D eigenvalue weighted by Crippen LogP contribution is 2.19. The van der Waals surface area contributed by atoms with Crippen LogP contribution in [0.1, 0.15) is 19.2 Å². The lowest BCUT2D eigenvalue weighted by Gasteiger charge is -2.12. The van der Waals surface area contributed by atoms with Gasteiger partial charge >= 0.3 is 0 Å². The number of nitrogens with zero attached hydrogens (tertiary/aromatic N) is 2. The summed E-state index contributed by atoms with van der Waals surface area (Å²) in [4.78, 5) is 8.70. The lowest BCUT2D eigenvalue weighted by molar-refractivity contribution is 0.595. The van der Waals surface area contributed by atoms with Gasteiger partial charge in [-0.25, -0.2) is 18.4 Å². The van der Waals surface area contributed by atoms with Gasteiger partial charge < -0.3 is 10.6 Å². The molecule has 2 rings (SSSR count). The van der Waals surface area contributed by atoms with Crippen LogP contribution in [0.15, 0.2) is 6.07 Å². The first-order valence-corrected chi connectivity index (χ1v) is 8.34. The fourth-order valence-corrected chi connectivity index (χ4v) is 4.02. The van der Waals surface area contributed by atoms with Crippen molar-refractivity contribution in [2.24, 2.45) is 5.92 Å². The highest BCUT2D eigenvalue weighted by molar-refractivity contribution is 7.91. The minimum absolute atomic E-state index is 0.183. The van der Waals surface area contributed by atoms with E-state index < -0.39 is 9.84 Å². The number of nitrogens with one attached hydrogen (secondary N) is 2. The maximum Gasteiger partial charge on any atom is 0.150 e. The van der Waals surface area contributed by atoms with Crippen LogP contribution in [0.4, 0.5) is 11.6 Å². The van der Waals surface area contributed by atoms with Crippen LogP contribution >= 0.6 is 0 Å².